The zero-order valence-corrected chi connectivity index (χ0v) is 12.3. The van der Waals surface area contributed by atoms with Gasteiger partial charge in [-0.2, -0.15) is 4.98 Å². The highest BCUT2D eigenvalue weighted by Gasteiger charge is 2.06. The van der Waals surface area contributed by atoms with Gasteiger partial charge in [0.05, 0.1) is 0 Å². The molecule has 0 N–H and O–H groups in total. The van der Waals surface area contributed by atoms with Crippen LogP contribution in [0.15, 0.2) is 51.9 Å². The monoisotopic (exact) mass is 363 g/mol. The van der Waals surface area contributed by atoms with Gasteiger partial charge in [-0.3, -0.25) is 0 Å². The van der Waals surface area contributed by atoms with Crippen LogP contribution in [-0.4, -0.2) is 15.0 Å². The smallest absolute Gasteiger partial charge is 0.201 e. The third kappa shape index (κ3) is 2.28. The van der Waals surface area contributed by atoms with Crippen molar-refractivity contribution in [3.63, 3.8) is 0 Å². The van der Waals surface area contributed by atoms with Crippen molar-refractivity contribution in [2.24, 2.45) is 0 Å². The van der Waals surface area contributed by atoms with Gasteiger partial charge in [-0.05, 0) is 48.7 Å². The molecule has 0 amide bonds. The summed E-state index contributed by atoms with van der Waals surface area (Å²) in [6.07, 6.45) is 0. The second kappa shape index (κ2) is 4.74. The Morgan fingerprint density at radius 1 is 0.722 bits per heavy atom. The van der Waals surface area contributed by atoms with E-state index in [2.05, 4.69) is 71.1 Å². The number of rotatable bonds is 1. The molecular weight excluding hydrogens is 358 g/mol. The standard InChI is InChI=1S/C13H7Br2N3/c14-12-16-11(17-13(15)18-12)10-6-5-8-3-1-2-4-9(8)7-10/h1-7H. The highest BCUT2D eigenvalue weighted by atomic mass is 79.9. The molecule has 5 heteroatoms. The Hall–Kier alpha value is -1.33. The van der Waals surface area contributed by atoms with Crippen LogP contribution >= 0.6 is 31.9 Å². The molecule has 0 saturated heterocycles. The van der Waals surface area contributed by atoms with Gasteiger partial charge in [0.25, 0.3) is 0 Å². The van der Waals surface area contributed by atoms with Crippen LogP contribution in [0.3, 0.4) is 0 Å². The third-order valence-corrected chi connectivity index (χ3v) is 3.30. The Labute approximate surface area is 121 Å². The van der Waals surface area contributed by atoms with Crippen LogP contribution in [0.2, 0.25) is 0 Å². The van der Waals surface area contributed by atoms with Crippen LogP contribution in [0.5, 0.6) is 0 Å². The molecule has 0 radical (unpaired) electrons. The first-order chi connectivity index (χ1) is 8.72. The Morgan fingerprint density at radius 2 is 1.39 bits per heavy atom. The van der Waals surface area contributed by atoms with Gasteiger partial charge >= 0.3 is 0 Å². The second-order valence-electron chi connectivity index (χ2n) is 3.76. The number of aromatic nitrogens is 3. The molecule has 1 heterocycles. The first-order valence-electron chi connectivity index (χ1n) is 5.28. The van der Waals surface area contributed by atoms with Crippen molar-refractivity contribution >= 4 is 42.6 Å². The summed E-state index contributed by atoms with van der Waals surface area (Å²) in [5, 5.41) is 2.37. The number of nitrogens with zero attached hydrogens (tertiary/aromatic N) is 3. The molecule has 0 fully saturated rings. The molecule has 1 aromatic heterocycles. The lowest BCUT2D eigenvalue weighted by molar-refractivity contribution is 0.984. The van der Waals surface area contributed by atoms with Crippen molar-refractivity contribution in [3.05, 3.63) is 51.9 Å². The predicted octanol–water partition coefficient (Wildman–Crippen LogP) is 4.22. The fourth-order valence-corrected chi connectivity index (χ4v) is 2.69. The van der Waals surface area contributed by atoms with Crippen LogP contribution in [0.4, 0.5) is 0 Å². The van der Waals surface area contributed by atoms with E-state index in [1.54, 1.807) is 0 Å². The highest BCUT2D eigenvalue weighted by molar-refractivity contribution is 9.11. The van der Waals surface area contributed by atoms with E-state index in [9.17, 15) is 0 Å². The average molecular weight is 365 g/mol. The first kappa shape index (κ1) is 11.7. The van der Waals surface area contributed by atoms with Gasteiger partial charge in [-0.25, -0.2) is 9.97 Å². The van der Waals surface area contributed by atoms with Gasteiger partial charge in [-0.1, -0.05) is 36.4 Å². The van der Waals surface area contributed by atoms with Crippen LogP contribution in [0.25, 0.3) is 22.2 Å². The van der Waals surface area contributed by atoms with Crippen molar-refractivity contribution in [1.82, 2.24) is 15.0 Å². The second-order valence-corrected chi connectivity index (χ2v) is 5.18. The molecule has 2 aromatic carbocycles. The van der Waals surface area contributed by atoms with E-state index in [0.29, 0.717) is 15.3 Å². The minimum absolute atomic E-state index is 0.521. The summed E-state index contributed by atoms with van der Waals surface area (Å²) in [4.78, 5) is 12.6. The molecule has 88 valence electrons. The average Bonchev–Trinajstić information content (AvgIpc) is 2.37. The maximum absolute atomic E-state index is 4.28. The van der Waals surface area contributed by atoms with E-state index in [1.165, 1.54) is 10.8 Å². The van der Waals surface area contributed by atoms with Gasteiger partial charge in [0.1, 0.15) is 0 Å². The molecule has 0 saturated carbocycles. The summed E-state index contributed by atoms with van der Waals surface area (Å²) >= 11 is 6.54. The number of benzene rings is 2. The summed E-state index contributed by atoms with van der Waals surface area (Å²) in [6, 6.07) is 14.3. The maximum Gasteiger partial charge on any atom is 0.201 e. The van der Waals surface area contributed by atoms with Crippen molar-refractivity contribution in [1.29, 1.82) is 0 Å². The van der Waals surface area contributed by atoms with Gasteiger partial charge in [0, 0.05) is 5.56 Å². The molecule has 0 unspecified atom stereocenters. The first-order valence-corrected chi connectivity index (χ1v) is 6.87. The van der Waals surface area contributed by atoms with Gasteiger partial charge in [-0.15, -0.1) is 0 Å². The zero-order valence-electron chi connectivity index (χ0n) is 9.14. The van der Waals surface area contributed by atoms with E-state index >= 15 is 0 Å². The third-order valence-electron chi connectivity index (χ3n) is 2.59. The summed E-state index contributed by atoms with van der Waals surface area (Å²) in [5.41, 5.74) is 0.970. The Morgan fingerprint density at radius 3 is 2.11 bits per heavy atom. The fraction of sp³-hybridized carbons (Fsp3) is 0. The van der Waals surface area contributed by atoms with E-state index in [1.807, 2.05) is 18.2 Å². The maximum atomic E-state index is 4.28. The molecule has 3 aromatic rings. The van der Waals surface area contributed by atoms with E-state index in [0.717, 1.165) is 5.56 Å². The molecule has 0 aliphatic rings. The summed E-state index contributed by atoms with van der Waals surface area (Å²) in [7, 11) is 0. The van der Waals surface area contributed by atoms with Crippen molar-refractivity contribution < 1.29 is 0 Å². The Balaban J connectivity index is 2.19. The molecular formula is C13H7Br2N3. The molecule has 18 heavy (non-hydrogen) atoms. The normalized spacial score (nSPS) is 10.8. The topological polar surface area (TPSA) is 38.7 Å². The van der Waals surface area contributed by atoms with Gasteiger partial charge in [0.2, 0.25) is 9.47 Å². The summed E-state index contributed by atoms with van der Waals surface area (Å²) < 4.78 is 1.04. The Kier molecular flexibility index (Phi) is 3.09. The lowest BCUT2D eigenvalue weighted by atomic mass is 10.1. The molecule has 0 aliphatic heterocycles. The Bertz CT molecular complexity index is 708. The van der Waals surface area contributed by atoms with Crippen LogP contribution in [0.1, 0.15) is 0 Å². The molecule has 0 atom stereocenters. The molecule has 0 spiro atoms. The van der Waals surface area contributed by atoms with E-state index in [-0.39, 0.29) is 0 Å². The number of fused-ring (bicyclic) bond motifs is 1. The van der Waals surface area contributed by atoms with Crippen LogP contribution in [-0.2, 0) is 0 Å². The lowest BCUT2D eigenvalue weighted by Gasteiger charge is -2.03. The molecule has 3 rings (SSSR count). The van der Waals surface area contributed by atoms with E-state index < -0.39 is 0 Å². The number of hydrogen-bond acceptors (Lipinski definition) is 3. The predicted molar refractivity (Wildman–Crippen MR) is 78.2 cm³/mol. The number of halogens is 2. The minimum Gasteiger partial charge on any atom is -0.202 e. The summed E-state index contributed by atoms with van der Waals surface area (Å²) in [6.45, 7) is 0. The summed E-state index contributed by atoms with van der Waals surface area (Å²) in [5.74, 6) is 0.648. The SMILES string of the molecule is Brc1nc(Br)nc(-c2ccc3ccccc3c2)n1. The van der Waals surface area contributed by atoms with Gasteiger partial charge < -0.3 is 0 Å². The molecule has 0 aliphatic carbocycles. The molecule has 0 bridgehead atoms. The van der Waals surface area contributed by atoms with Crippen molar-refractivity contribution in [2.45, 2.75) is 0 Å². The number of hydrogen-bond donors (Lipinski definition) is 0. The van der Waals surface area contributed by atoms with Crippen molar-refractivity contribution in [2.75, 3.05) is 0 Å². The van der Waals surface area contributed by atoms with E-state index in [4.69, 9.17) is 0 Å². The largest absolute Gasteiger partial charge is 0.202 e. The molecule has 3 nitrogen and oxygen atoms in total. The van der Waals surface area contributed by atoms with Crippen molar-refractivity contribution in [3.8, 4) is 11.4 Å². The lowest BCUT2D eigenvalue weighted by Crippen LogP contribution is -1.94. The van der Waals surface area contributed by atoms with Crippen LogP contribution in [0, 0.1) is 0 Å². The zero-order chi connectivity index (χ0) is 12.5. The minimum atomic E-state index is 0.521. The fourth-order valence-electron chi connectivity index (χ4n) is 1.78. The van der Waals surface area contributed by atoms with Crippen LogP contribution < -0.4 is 0 Å². The highest BCUT2D eigenvalue weighted by Crippen LogP contribution is 2.23. The van der Waals surface area contributed by atoms with Gasteiger partial charge in [0.15, 0.2) is 5.82 Å². The quantitative estimate of drug-likeness (QED) is 0.649.